The largest absolute Gasteiger partial charge is 0.481 e. The molecule has 0 radical (unpaired) electrons. The fourth-order valence-electron chi connectivity index (χ4n) is 10.2. The highest BCUT2D eigenvalue weighted by atomic mass is 16.5. The number of carbonyl (C=O) groups excluding carboxylic acids is 1. The van der Waals surface area contributed by atoms with E-state index in [9.17, 15) is 34.5 Å². The summed E-state index contributed by atoms with van der Waals surface area (Å²) in [5, 5.41) is 32.9. The first-order valence-corrected chi connectivity index (χ1v) is 27.9. The quantitative estimate of drug-likeness (QED) is 0.0405. The number of carboxylic acid groups (broad SMARTS) is 3. The third-order valence-electron chi connectivity index (χ3n) is 14.2. The van der Waals surface area contributed by atoms with E-state index in [1.54, 1.807) is 0 Å². The smallest absolute Gasteiger partial charge is 0.338 e. The molecule has 8 heteroatoms. The number of rotatable bonds is 52. The predicted octanol–water partition coefficient (Wildman–Crippen LogP) is 17.4. The van der Waals surface area contributed by atoms with E-state index in [0.29, 0.717) is 19.3 Å². The Balaban J connectivity index is 5.65. The maximum absolute atomic E-state index is 13.8. The van der Waals surface area contributed by atoms with Gasteiger partial charge in [0.2, 0.25) is 5.60 Å². The molecule has 3 N–H and O–H groups in total. The Hall–Kier alpha value is -1.96. The zero-order valence-corrected chi connectivity index (χ0v) is 42.8. The number of Topliss-reactive ketones (excluding diaryl/α,β-unsaturated/α-hetero) is 1. The molecule has 0 bridgehead atoms. The Labute approximate surface area is 395 Å². The molecule has 0 saturated heterocycles. The van der Waals surface area contributed by atoms with Crippen molar-refractivity contribution in [2.75, 3.05) is 6.61 Å². The summed E-state index contributed by atoms with van der Waals surface area (Å²) in [5.74, 6) is -7.68. The second-order valence-corrected chi connectivity index (χ2v) is 19.9. The molecule has 0 saturated carbocycles. The van der Waals surface area contributed by atoms with Crippen LogP contribution in [-0.2, 0) is 23.9 Å². The lowest BCUT2D eigenvalue weighted by Gasteiger charge is -2.47. The minimum absolute atomic E-state index is 0.0408. The number of hydrogen-bond donors (Lipinski definition) is 3. The first kappa shape index (κ1) is 62.0. The lowest BCUT2D eigenvalue weighted by Crippen LogP contribution is -2.67. The maximum Gasteiger partial charge on any atom is 0.338 e. The molecule has 0 aromatic heterocycles. The Bertz CT molecular complexity index is 1060. The molecule has 0 aliphatic rings. The number of carbonyl (C=O) groups is 4. The van der Waals surface area contributed by atoms with Gasteiger partial charge in [-0.3, -0.25) is 14.4 Å². The molecule has 8 nitrogen and oxygen atoms in total. The molecule has 0 aromatic carbocycles. The fraction of sp³-hybridized carbons (Fsp3) is 0.929. The van der Waals surface area contributed by atoms with Crippen LogP contribution in [-0.4, -0.2) is 51.2 Å². The van der Waals surface area contributed by atoms with Gasteiger partial charge in [-0.15, -0.1) is 0 Å². The summed E-state index contributed by atoms with van der Waals surface area (Å²) in [6.07, 6.45) is 47.5. The average molecular weight is 907 g/mol. The molecule has 2 unspecified atom stereocenters. The van der Waals surface area contributed by atoms with Crippen molar-refractivity contribution in [3.63, 3.8) is 0 Å². The van der Waals surface area contributed by atoms with Gasteiger partial charge < -0.3 is 20.1 Å². The molecule has 0 rings (SSSR count). The van der Waals surface area contributed by atoms with Crippen molar-refractivity contribution in [1.29, 1.82) is 0 Å². The van der Waals surface area contributed by atoms with Gasteiger partial charge in [-0.1, -0.05) is 284 Å². The topological polar surface area (TPSA) is 138 Å². The van der Waals surface area contributed by atoms with E-state index in [1.165, 1.54) is 173 Å². The van der Waals surface area contributed by atoms with Gasteiger partial charge in [-0.05, 0) is 26.2 Å². The first-order valence-electron chi connectivity index (χ1n) is 27.9. The normalized spacial score (nSPS) is 13.2. The third kappa shape index (κ3) is 28.9. The zero-order valence-electron chi connectivity index (χ0n) is 42.8. The summed E-state index contributed by atoms with van der Waals surface area (Å²) in [7, 11) is 0. The Kier molecular flexibility index (Phi) is 42.3. The van der Waals surface area contributed by atoms with Gasteiger partial charge in [0.1, 0.15) is 11.2 Å². The highest BCUT2D eigenvalue weighted by Crippen LogP contribution is 2.50. The Morgan fingerprint density at radius 1 is 0.359 bits per heavy atom. The number of ketones is 1. The van der Waals surface area contributed by atoms with Crippen molar-refractivity contribution in [2.45, 2.75) is 316 Å². The summed E-state index contributed by atoms with van der Waals surface area (Å²) in [4.78, 5) is 53.7. The van der Waals surface area contributed by atoms with Gasteiger partial charge in [0.15, 0.2) is 5.92 Å². The number of hydrogen-bond acceptors (Lipinski definition) is 5. The minimum Gasteiger partial charge on any atom is -0.481 e. The number of unbranched alkanes of at least 4 members (excludes halogenated alkanes) is 39. The Morgan fingerprint density at radius 3 is 0.797 bits per heavy atom. The van der Waals surface area contributed by atoms with E-state index in [0.717, 1.165) is 84.0 Å². The van der Waals surface area contributed by atoms with Crippen molar-refractivity contribution >= 4 is 23.7 Å². The van der Waals surface area contributed by atoms with Crippen LogP contribution in [0, 0.1) is 11.3 Å². The van der Waals surface area contributed by atoms with Crippen LogP contribution in [0.25, 0.3) is 0 Å². The van der Waals surface area contributed by atoms with E-state index >= 15 is 0 Å². The number of ether oxygens (including phenoxy) is 1. The van der Waals surface area contributed by atoms with Crippen LogP contribution in [0.15, 0.2) is 0 Å². The number of aliphatic carboxylic acids is 3. The van der Waals surface area contributed by atoms with E-state index in [4.69, 9.17) is 4.74 Å². The number of carboxylic acids is 3. The molecular formula is C56H106O8. The van der Waals surface area contributed by atoms with Crippen LogP contribution >= 0.6 is 0 Å². The SMILES string of the molecule is CCCCCCCCCCCCCCCCOC(C(=O)O)(C(C(C)=O)C(=O)O)C(CCCCCCCCCCCCCCCC)(CCCCCCCCCCCCCCCC)C(=O)O. The molecule has 0 heterocycles. The molecule has 0 aromatic rings. The summed E-state index contributed by atoms with van der Waals surface area (Å²) in [6.45, 7) is 7.70. The van der Waals surface area contributed by atoms with Gasteiger partial charge in [0.25, 0.3) is 0 Å². The summed E-state index contributed by atoms with van der Waals surface area (Å²) >= 11 is 0. The van der Waals surface area contributed by atoms with Crippen molar-refractivity contribution in [3.05, 3.63) is 0 Å². The van der Waals surface area contributed by atoms with Gasteiger partial charge in [0, 0.05) is 6.61 Å². The molecular weight excluding hydrogens is 801 g/mol. The van der Waals surface area contributed by atoms with Crippen molar-refractivity contribution in [3.8, 4) is 0 Å². The van der Waals surface area contributed by atoms with Crippen molar-refractivity contribution in [1.82, 2.24) is 0 Å². The van der Waals surface area contributed by atoms with E-state index < -0.39 is 40.6 Å². The second kappa shape index (κ2) is 43.6. The van der Waals surface area contributed by atoms with Gasteiger partial charge in [-0.2, -0.15) is 0 Å². The highest BCUT2D eigenvalue weighted by Gasteiger charge is 2.69. The van der Waals surface area contributed by atoms with Crippen LogP contribution in [0.3, 0.4) is 0 Å². The van der Waals surface area contributed by atoms with Crippen LogP contribution < -0.4 is 0 Å². The van der Waals surface area contributed by atoms with Gasteiger partial charge >= 0.3 is 17.9 Å². The molecule has 0 fully saturated rings. The molecule has 0 aliphatic heterocycles. The Morgan fingerprint density at radius 2 is 0.594 bits per heavy atom. The van der Waals surface area contributed by atoms with Crippen LogP contribution in [0.1, 0.15) is 310 Å². The molecule has 64 heavy (non-hydrogen) atoms. The van der Waals surface area contributed by atoms with Gasteiger partial charge in [0.05, 0.1) is 0 Å². The standard InChI is InChI=1S/C56H106O8/c1-5-8-11-14-17-20-23-26-29-32-35-38-41-44-47-55(53(60)61,48-45-42-39-36-33-30-27-24-21-18-15-12-9-6-2)56(54(62)63,51(50(4)57)52(58)59)64-49-46-43-40-37-34-31-28-25-22-19-16-13-10-7-3/h51H,5-49H2,1-4H3,(H,58,59)(H,60,61)(H,62,63). The summed E-state index contributed by atoms with van der Waals surface area (Å²) in [5.41, 5.74) is -4.79. The highest BCUT2D eigenvalue weighted by molar-refractivity contribution is 6.06. The van der Waals surface area contributed by atoms with Crippen LogP contribution in [0.5, 0.6) is 0 Å². The van der Waals surface area contributed by atoms with Crippen LogP contribution in [0.2, 0.25) is 0 Å². The zero-order chi connectivity index (χ0) is 47.4. The van der Waals surface area contributed by atoms with E-state index in [1.807, 2.05) is 0 Å². The molecule has 378 valence electrons. The molecule has 0 aliphatic carbocycles. The van der Waals surface area contributed by atoms with E-state index in [-0.39, 0.29) is 19.4 Å². The van der Waals surface area contributed by atoms with Crippen molar-refractivity contribution in [2.24, 2.45) is 11.3 Å². The van der Waals surface area contributed by atoms with Gasteiger partial charge in [-0.25, -0.2) is 4.79 Å². The monoisotopic (exact) mass is 907 g/mol. The predicted molar refractivity (Wildman–Crippen MR) is 268 cm³/mol. The van der Waals surface area contributed by atoms with Crippen molar-refractivity contribution < 1.29 is 39.2 Å². The lowest BCUT2D eigenvalue weighted by molar-refractivity contribution is -0.219. The lowest BCUT2D eigenvalue weighted by atomic mass is 9.59. The molecule has 0 amide bonds. The van der Waals surface area contributed by atoms with Crippen LogP contribution in [0.4, 0.5) is 0 Å². The third-order valence-corrected chi connectivity index (χ3v) is 14.2. The first-order chi connectivity index (χ1) is 31.1. The fourth-order valence-corrected chi connectivity index (χ4v) is 10.2. The minimum atomic E-state index is -2.72. The molecule has 2 atom stereocenters. The maximum atomic E-state index is 13.8. The van der Waals surface area contributed by atoms with E-state index in [2.05, 4.69) is 20.8 Å². The summed E-state index contributed by atoms with van der Waals surface area (Å²) < 4.78 is 6.27. The molecule has 0 spiro atoms. The second-order valence-electron chi connectivity index (χ2n) is 19.9. The summed E-state index contributed by atoms with van der Waals surface area (Å²) in [6, 6.07) is 0. The average Bonchev–Trinajstić information content (AvgIpc) is 3.26.